The van der Waals surface area contributed by atoms with Crippen LogP contribution in [-0.4, -0.2) is 38.4 Å². The van der Waals surface area contributed by atoms with Crippen molar-refractivity contribution in [2.75, 3.05) is 19.5 Å². The van der Waals surface area contributed by atoms with E-state index in [2.05, 4.69) is 4.99 Å². The maximum atomic E-state index is 13.6. The first-order chi connectivity index (χ1) is 16.4. The minimum Gasteiger partial charge on any atom is -0.380 e. The van der Waals surface area contributed by atoms with E-state index in [0.29, 0.717) is 24.6 Å². The molecule has 1 amide bonds. The van der Waals surface area contributed by atoms with Gasteiger partial charge in [0.1, 0.15) is 0 Å². The van der Waals surface area contributed by atoms with Crippen LogP contribution in [0.4, 0.5) is 0 Å². The molecule has 6 nitrogen and oxygen atoms in total. The maximum Gasteiger partial charge on any atom is 0.260 e. The molecule has 0 saturated heterocycles. The number of amides is 1. The molecule has 0 aliphatic carbocycles. The Bertz CT molecular complexity index is 1420. The van der Waals surface area contributed by atoms with E-state index in [1.54, 1.807) is 18.2 Å². The van der Waals surface area contributed by atoms with E-state index in [9.17, 15) is 13.2 Å². The molecule has 0 spiro atoms. The van der Waals surface area contributed by atoms with Gasteiger partial charge in [-0.25, -0.2) is 8.42 Å². The van der Waals surface area contributed by atoms with Crippen molar-refractivity contribution < 1.29 is 17.9 Å². The first kappa shape index (κ1) is 24.1. The Kier molecular flexibility index (Phi) is 7.41. The summed E-state index contributed by atoms with van der Waals surface area (Å²) in [5.74, 6) is -0.822. The second kappa shape index (κ2) is 10.5. The van der Waals surface area contributed by atoms with Gasteiger partial charge < -0.3 is 9.30 Å². The standard InChI is InChI=1S/C26H26N2O4S2/c1-3-32-17-16-28-22-15-14-21(34(2,30)31)18-23(22)33-26(28)27-25(29)24(19-10-6-4-7-11-19)20-12-8-5-9-13-20/h4-15,18,24H,3,16-17H2,1-2H3. The number of carbonyl (C=O) groups excluding carboxylic acids is 1. The van der Waals surface area contributed by atoms with Gasteiger partial charge in [0, 0.05) is 19.4 Å². The van der Waals surface area contributed by atoms with Crippen LogP contribution in [0.5, 0.6) is 0 Å². The number of aromatic nitrogens is 1. The number of thiazole rings is 1. The zero-order valence-corrected chi connectivity index (χ0v) is 20.7. The molecule has 0 N–H and O–H groups in total. The Labute approximate surface area is 203 Å². The first-order valence-electron chi connectivity index (χ1n) is 11.0. The zero-order chi connectivity index (χ0) is 24.1. The van der Waals surface area contributed by atoms with Gasteiger partial charge in [-0.3, -0.25) is 4.79 Å². The average molecular weight is 495 g/mol. The predicted octanol–water partition coefficient (Wildman–Crippen LogP) is 4.40. The smallest absolute Gasteiger partial charge is 0.260 e. The van der Waals surface area contributed by atoms with Crippen molar-refractivity contribution in [3.63, 3.8) is 0 Å². The molecule has 0 saturated carbocycles. The highest BCUT2D eigenvalue weighted by molar-refractivity contribution is 7.90. The fraction of sp³-hybridized carbons (Fsp3) is 0.231. The van der Waals surface area contributed by atoms with Crippen LogP contribution in [0.3, 0.4) is 0 Å². The van der Waals surface area contributed by atoms with E-state index in [-0.39, 0.29) is 10.8 Å². The van der Waals surface area contributed by atoms with E-state index in [1.165, 1.54) is 17.6 Å². The van der Waals surface area contributed by atoms with Crippen molar-refractivity contribution in [1.82, 2.24) is 4.57 Å². The highest BCUT2D eigenvalue weighted by atomic mass is 32.2. The molecule has 1 aromatic heterocycles. The molecule has 1 heterocycles. The summed E-state index contributed by atoms with van der Waals surface area (Å²) < 4.78 is 32.3. The number of rotatable bonds is 8. The fourth-order valence-corrected chi connectivity index (χ4v) is 5.64. The number of benzene rings is 3. The Morgan fingerprint density at radius 1 is 1.00 bits per heavy atom. The van der Waals surface area contributed by atoms with Gasteiger partial charge in [-0.05, 0) is 36.2 Å². The van der Waals surface area contributed by atoms with Crippen molar-refractivity contribution >= 4 is 37.3 Å². The molecule has 176 valence electrons. The van der Waals surface area contributed by atoms with Crippen molar-refractivity contribution in [3.8, 4) is 0 Å². The number of ether oxygens (including phenoxy) is 1. The molecule has 8 heteroatoms. The summed E-state index contributed by atoms with van der Waals surface area (Å²) in [6.07, 6.45) is 1.18. The monoisotopic (exact) mass is 494 g/mol. The minimum absolute atomic E-state index is 0.238. The summed E-state index contributed by atoms with van der Waals surface area (Å²) in [4.78, 5) is 18.9. The fourth-order valence-electron chi connectivity index (χ4n) is 3.81. The van der Waals surface area contributed by atoms with E-state index >= 15 is 0 Å². The average Bonchev–Trinajstić information content (AvgIpc) is 3.16. The van der Waals surface area contributed by atoms with Crippen LogP contribution in [0.15, 0.2) is 88.8 Å². The van der Waals surface area contributed by atoms with Crippen molar-refractivity contribution in [1.29, 1.82) is 0 Å². The van der Waals surface area contributed by atoms with Crippen molar-refractivity contribution in [3.05, 3.63) is 94.8 Å². The van der Waals surface area contributed by atoms with Gasteiger partial charge in [-0.15, -0.1) is 0 Å². The van der Waals surface area contributed by atoms with Gasteiger partial charge in [0.05, 0.1) is 27.6 Å². The van der Waals surface area contributed by atoms with E-state index in [1.807, 2.05) is 72.2 Å². The third kappa shape index (κ3) is 5.35. The molecule has 0 radical (unpaired) electrons. The highest BCUT2D eigenvalue weighted by Gasteiger charge is 2.23. The predicted molar refractivity (Wildman–Crippen MR) is 135 cm³/mol. The van der Waals surface area contributed by atoms with E-state index in [0.717, 1.165) is 21.3 Å². The lowest BCUT2D eigenvalue weighted by molar-refractivity contribution is -0.118. The maximum absolute atomic E-state index is 13.6. The molecule has 0 atom stereocenters. The van der Waals surface area contributed by atoms with Gasteiger partial charge in [0.2, 0.25) is 0 Å². The van der Waals surface area contributed by atoms with Crippen LogP contribution >= 0.6 is 11.3 Å². The van der Waals surface area contributed by atoms with Crippen LogP contribution in [0, 0.1) is 0 Å². The lowest BCUT2D eigenvalue weighted by atomic mass is 9.91. The molecule has 34 heavy (non-hydrogen) atoms. The molecule has 0 aliphatic rings. The van der Waals surface area contributed by atoms with Crippen LogP contribution in [0.1, 0.15) is 24.0 Å². The largest absolute Gasteiger partial charge is 0.380 e. The molecule has 0 aliphatic heterocycles. The molecule has 4 rings (SSSR count). The summed E-state index contributed by atoms with van der Waals surface area (Å²) in [7, 11) is -3.35. The van der Waals surface area contributed by atoms with Gasteiger partial charge in [-0.2, -0.15) is 4.99 Å². The number of fused-ring (bicyclic) bond motifs is 1. The van der Waals surface area contributed by atoms with Crippen LogP contribution in [-0.2, 0) is 25.9 Å². The van der Waals surface area contributed by atoms with Crippen molar-refractivity contribution in [2.45, 2.75) is 24.3 Å². The first-order valence-corrected chi connectivity index (χ1v) is 13.7. The summed E-state index contributed by atoms with van der Waals surface area (Å²) in [6, 6.07) is 24.2. The zero-order valence-electron chi connectivity index (χ0n) is 19.0. The van der Waals surface area contributed by atoms with E-state index in [4.69, 9.17) is 4.74 Å². The van der Waals surface area contributed by atoms with Gasteiger partial charge in [-0.1, -0.05) is 72.0 Å². The second-order valence-electron chi connectivity index (χ2n) is 7.84. The molecular formula is C26H26N2O4S2. The van der Waals surface area contributed by atoms with Crippen LogP contribution < -0.4 is 4.80 Å². The normalized spacial score (nSPS) is 12.5. The SMILES string of the molecule is CCOCCn1c(=NC(=O)C(c2ccccc2)c2ccccc2)sc2cc(S(C)(=O)=O)ccc21. The number of nitrogens with zero attached hydrogens (tertiary/aromatic N) is 2. The summed E-state index contributed by atoms with van der Waals surface area (Å²) in [5.41, 5.74) is 2.55. The van der Waals surface area contributed by atoms with Crippen LogP contribution in [0.2, 0.25) is 0 Å². The number of hydrogen-bond donors (Lipinski definition) is 0. The third-order valence-electron chi connectivity index (χ3n) is 5.46. The highest BCUT2D eigenvalue weighted by Crippen LogP contribution is 2.27. The van der Waals surface area contributed by atoms with Gasteiger partial charge in [0.15, 0.2) is 14.6 Å². The minimum atomic E-state index is -3.35. The summed E-state index contributed by atoms with van der Waals surface area (Å²) in [6.45, 7) is 3.46. The molecular weight excluding hydrogens is 468 g/mol. The number of sulfone groups is 1. The Hall–Kier alpha value is -3.07. The van der Waals surface area contributed by atoms with Gasteiger partial charge >= 0.3 is 0 Å². The molecule has 0 bridgehead atoms. The summed E-state index contributed by atoms with van der Waals surface area (Å²) >= 11 is 1.30. The Balaban J connectivity index is 1.85. The number of carbonyl (C=O) groups is 1. The Morgan fingerprint density at radius 2 is 1.62 bits per heavy atom. The molecule has 3 aromatic carbocycles. The number of hydrogen-bond acceptors (Lipinski definition) is 5. The Morgan fingerprint density at radius 3 is 2.18 bits per heavy atom. The van der Waals surface area contributed by atoms with Gasteiger partial charge in [0.25, 0.3) is 5.91 Å². The summed E-state index contributed by atoms with van der Waals surface area (Å²) in [5, 5.41) is 0. The second-order valence-corrected chi connectivity index (χ2v) is 10.9. The van der Waals surface area contributed by atoms with Crippen molar-refractivity contribution in [2.24, 2.45) is 4.99 Å². The lowest BCUT2D eigenvalue weighted by Crippen LogP contribution is -2.22. The topological polar surface area (TPSA) is 77.7 Å². The lowest BCUT2D eigenvalue weighted by Gasteiger charge is -2.14. The van der Waals surface area contributed by atoms with Crippen LogP contribution in [0.25, 0.3) is 10.2 Å². The van der Waals surface area contributed by atoms with E-state index < -0.39 is 15.8 Å². The molecule has 0 fully saturated rings. The molecule has 4 aromatic rings. The third-order valence-corrected chi connectivity index (χ3v) is 7.62. The molecule has 0 unspecified atom stereocenters. The quantitative estimate of drug-likeness (QED) is 0.340.